The number of hydrogen-bond donors (Lipinski definition) is 2. The van der Waals surface area contributed by atoms with Crippen LogP contribution in [0.3, 0.4) is 0 Å². The lowest BCUT2D eigenvalue weighted by Gasteiger charge is -2.02. The number of nitrogens with one attached hydrogen (secondary N) is 1. The van der Waals surface area contributed by atoms with Crippen LogP contribution in [0.4, 0.5) is 4.39 Å². The molecule has 3 aromatic rings. The average Bonchev–Trinajstić information content (AvgIpc) is 2.98. The zero-order chi connectivity index (χ0) is 17.3. The third-order valence-corrected chi connectivity index (χ3v) is 3.60. The fourth-order valence-corrected chi connectivity index (χ4v) is 2.43. The van der Waals surface area contributed by atoms with Gasteiger partial charge in [-0.2, -0.15) is 5.26 Å². The highest BCUT2D eigenvalue weighted by atomic mass is 35.5. The van der Waals surface area contributed by atoms with Gasteiger partial charge in [-0.25, -0.2) is 19.2 Å². The van der Waals surface area contributed by atoms with E-state index < -0.39 is 11.8 Å². The molecule has 0 unspecified atom stereocenters. The summed E-state index contributed by atoms with van der Waals surface area (Å²) in [6, 6.07) is 8.90. The number of hydrogen-bond acceptors (Lipinski definition) is 4. The van der Waals surface area contributed by atoms with E-state index in [1.54, 1.807) is 0 Å². The van der Waals surface area contributed by atoms with Gasteiger partial charge in [0.2, 0.25) is 0 Å². The number of carbonyl (C=O) groups is 1. The Balaban J connectivity index is 2.12. The molecule has 118 valence electrons. The minimum absolute atomic E-state index is 0.0224. The molecule has 24 heavy (non-hydrogen) atoms. The Bertz CT molecular complexity index is 956. The Morgan fingerprint density at radius 3 is 2.71 bits per heavy atom. The van der Waals surface area contributed by atoms with E-state index in [9.17, 15) is 14.4 Å². The summed E-state index contributed by atoms with van der Waals surface area (Å²) in [4.78, 5) is 21.6. The summed E-state index contributed by atoms with van der Waals surface area (Å²) in [5, 5.41) is 18.3. The predicted molar refractivity (Wildman–Crippen MR) is 83.9 cm³/mol. The van der Waals surface area contributed by atoms with Crippen molar-refractivity contribution in [3.05, 3.63) is 58.8 Å². The van der Waals surface area contributed by atoms with E-state index in [0.717, 1.165) is 0 Å². The van der Waals surface area contributed by atoms with Gasteiger partial charge in [0.15, 0.2) is 5.69 Å². The van der Waals surface area contributed by atoms with Gasteiger partial charge in [-0.15, -0.1) is 0 Å². The molecule has 0 saturated carbocycles. The van der Waals surface area contributed by atoms with Gasteiger partial charge in [0.05, 0.1) is 16.3 Å². The van der Waals surface area contributed by atoms with Crippen molar-refractivity contribution < 1.29 is 14.3 Å². The predicted octanol–water partition coefficient (Wildman–Crippen LogP) is 3.50. The standard InChI is InChI=1S/C16H8ClFN4O2/c17-9-2-1-3-10(18)13(9)15-21-12(6-19)14(22-15)8-4-5-11(16(23)24)20-7-8/h1-5,7H,(H,21,22)(H,23,24). The zero-order valence-electron chi connectivity index (χ0n) is 11.9. The molecule has 2 N–H and O–H groups in total. The number of benzene rings is 1. The molecular weight excluding hydrogens is 335 g/mol. The van der Waals surface area contributed by atoms with Gasteiger partial charge in [0.1, 0.15) is 23.4 Å². The molecule has 0 aliphatic carbocycles. The molecular formula is C16H8ClFN4O2. The number of carboxylic acids is 1. The van der Waals surface area contributed by atoms with E-state index in [1.165, 1.54) is 36.5 Å². The molecule has 8 heteroatoms. The number of rotatable bonds is 3. The number of carboxylic acid groups (broad SMARTS) is 1. The van der Waals surface area contributed by atoms with Crippen LogP contribution in [0.1, 0.15) is 16.2 Å². The second-order valence-electron chi connectivity index (χ2n) is 4.75. The summed E-state index contributed by atoms with van der Waals surface area (Å²) in [7, 11) is 0. The van der Waals surface area contributed by atoms with Crippen LogP contribution < -0.4 is 0 Å². The van der Waals surface area contributed by atoms with E-state index in [2.05, 4.69) is 15.0 Å². The van der Waals surface area contributed by atoms with Crippen molar-refractivity contribution in [1.82, 2.24) is 15.0 Å². The summed E-state index contributed by atoms with van der Waals surface area (Å²) in [6.07, 6.45) is 1.30. The van der Waals surface area contributed by atoms with Crippen molar-refractivity contribution in [2.75, 3.05) is 0 Å². The second-order valence-corrected chi connectivity index (χ2v) is 5.16. The average molecular weight is 343 g/mol. The van der Waals surface area contributed by atoms with Crippen molar-refractivity contribution in [3.63, 3.8) is 0 Å². The van der Waals surface area contributed by atoms with Crippen molar-refractivity contribution in [2.24, 2.45) is 0 Å². The van der Waals surface area contributed by atoms with Gasteiger partial charge in [-0.05, 0) is 24.3 Å². The zero-order valence-corrected chi connectivity index (χ0v) is 12.7. The van der Waals surface area contributed by atoms with Crippen LogP contribution in [-0.4, -0.2) is 26.0 Å². The fourth-order valence-electron chi connectivity index (χ4n) is 2.17. The van der Waals surface area contributed by atoms with E-state index in [-0.39, 0.29) is 27.8 Å². The summed E-state index contributed by atoms with van der Waals surface area (Å²) in [5.41, 5.74) is 0.694. The first-order valence-electron chi connectivity index (χ1n) is 6.65. The lowest BCUT2D eigenvalue weighted by atomic mass is 10.1. The van der Waals surface area contributed by atoms with E-state index in [4.69, 9.17) is 16.7 Å². The van der Waals surface area contributed by atoms with Crippen LogP contribution >= 0.6 is 11.6 Å². The van der Waals surface area contributed by atoms with Gasteiger partial charge < -0.3 is 10.1 Å². The number of halogens is 2. The monoisotopic (exact) mass is 342 g/mol. The second kappa shape index (κ2) is 6.10. The lowest BCUT2D eigenvalue weighted by molar-refractivity contribution is 0.0690. The van der Waals surface area contributed by atoms with Crippen LogP contribution in [0, 0.1) is 17.1 Å². The van der Waals surface area contributed by atoms with Crippen LogP contribution in [0.15, 0.2) is 36.5 Å². The molecule has 0 bridgehead atoms. The Morgan fingerprint density at radius 2 is 2.12 bits per heavy atom. The van der Waals surface area contributed by atoms with Gasteiger partial charge in [-0.1, -0.05) is 17.7 Å². The fraction of sp³-hybridized carbons (Fsp3) is 0. The van der Waals surface area contributed by atoms with E-state index in [0.29, 0.717) is 11.3 Å². The molecule has 0 aliphatic heterocycles. The van der Waals surface area contributed by atoms with Crippen LogP contribution in [-0.2, 0) is 0 Å². The van der Waals surface area contributed by atoms with Crippen LogP contribution in [0.2, 0.25) is 5.02 Å². The maximum absolute atomic E-state index is 14.0. The first-order valence-corrected chi connectivity index (χ1v) is 7.03. The normalized spacial score (nSPS) is 10.4. The summed E-state index contributed by atoms with van der Waals surface area (Å²) >= 11 is 6.01. The lowest BCUT2D eigenvalue weighted by Crippen LogP contribution is -1.99. The highest BCUT2D eigenvalue weighted by molar-refractivity contribution is 6.33. The maximum Gasteiger partial charge on any atom is 0.354 e. The molecule has 1 aromatic carbocycles. The largest absolute Gasteiger partial charge is 0.477 e. The van der Waals surface area contributed by atoms with Crippen molar-refractivity contribution in [1.29, 1.82) is 5.26 Å². The molecule has 0 aliphatic rings. The van der Waals surface area contributed by atoms with Gasteiger partial charge in [0, 0.05) is 11.8 Å². The first-order chi connectivity index (χ1) is 11.5. The molecule has 0 saturated heterocycles. The Labute approximate surface area is 140 Å². The molecule has 0 atom stereocenters. The molecule has 3 rings (SSSR count). The number of imidazole rings is 1. The Hall–Kier alpha value is -3.24. The Kier molecular flexibility index (Phi) is 3.98. The smallest absolute Gasteiger partial charge is 0.354 e. The number of H-pyrrole nitrogens is 1. The highest BCUT2D eigenvalue weighted by Gasteiger charge is 2.18. The minimum atomic E-state index is -1.16. The number of pyridine rings is 1. The topological polar surface area (TPSA) is 103 Å². The van der Waals surface area contributed by atoms with Gasteiger partial charge >= 0.3 is 5.97 Å². The van der Waals surface area contributed by atoms with Gasteiger partial charge in [0.25, 0.3) is 0 Å². The SMILES string of the molecule is N#Cc1nc(-c2c(F)cccc2Cl)[nH]c1-c1ccc(C(=O)O)nc1. The quantitative estimate of drug-likeness (QED) is 0.758. The third-order valence-electron chi connectivity index (χ3n) is 3.28. The van der Waals surface area contributed by atoms with Crippen LogP contribution in [0.25, 0.3) is 22.6 Å². The van der Waals surface area contributed by atoms with Crippen LogP contribution in [0.5, 0.6) is 0 Å². The number of aromatic carboxylic acids is 1. The van der Waals surface area contributed by atoms with E-state index >= 15 is 0 Å². The first kappa shape index (κ1) is 15.6. The minimum Gasteiger partial charge on any atom is -0.477 e. The molecule has 0 amide bonds. The molecule has 0 radical (unpaired) electrons. The van der Waals surface area contributed by atoms with Crippen molar-refractivity contribution in [2.45, 2.75) is 0 Å². The summed E-state index contributed by atoms with van der Waals surface area (Å²) in [6.45, 7) is 0. The number of nitriles is 1. The van der Waals surface area contributed by atoms with Gasteiger partial charge in [-0.3, -0.25) is 0 Å². The number of aromatic nitrogens is 3. The number of aromatic amines is 1. The molecule has 2 aromatic heterocycles. The highest BCUT2D eigenvalue weighted by Crippen LogP contribution is 2.31. The molecule has 2 heterocycles. The van der Waals surface area contributed by atoms with Crippen molar-refractivity contribution >= 4 is 17.6 Å². The third kappa shape index (κ3) is 2.71. The van der Waals surface area contributed by atoms with Crippen molar-refractivity contribution in [3.8, 4) is 28.7 Å². The molecule has 0 spiro atoms. The maximum atomic E-state index is 14.0. The van der Waals surface area contributed by atoms with E-state index in [1.807, 2.05) is 6.07 Å². The summed E-state index contributed by atoms with van der Waals surface area (Å²) < 4.78 is 14.0. The number of nitrogens with zero attached hydrogens (tertiary/aromatic N) is 3. The molecule has 6 nitrogen and oxygen atoms in total. The molecule has 0 fully saturated rings. The summed E-state index contributed by atoms with van der Waals surface area (Å²) in [5.74, 6) is -1.64. The Morgan fingerprint density at radius 1 is 1.33 bits per heavy atom.